The zero-order valence-corrected chi connectivity index (χ0v) is 11.5. The number of thiophene rings is 1. The Hall–Kier alpha value is -1.17. The third-order valence-electron chi connectivity index (χ3n) is 2.58. The van der Waals surface area contributed by atoms with Crippen molar-refractivity contribution in [1.29, 1.82) is 0 Å². The first kappa shape index (κ1) is 13.3. The largest absolute Gasteiger partial charge is 0.212 e. The number of nitrogens with one attached hydrogen (secondary N) is 1. The van der Waals surface area contributed by atoms with Crippen molar-refractivity contribution in [2.45, 2.75) is 13.0 Å². The van der Waals surface area contributed by atoms with Crippen LogP contribution in [-0.4, -0.2) is 14.2 Å². The summed E-state index contributed by atoms with van der Waals surface area (Å²) in [5.74, 6) is 0.126. The van der Waals surface area contributed by atoms with E-state index in [0.717, 1.165) is 11.1 Å². The van der Waals surface area contributed by atoms with Crippen LogP contribution in [0.1, 0.15) is 11.1 Å². The van der Waals surface area contributed by atoms with Crippen LogP contribution < -0.4 is 4.72 Å². The van der Waals surface area contributed by atoms with Crippen molar-refractivity contribution in [2.75, 3.05) is 5.75 Å². The summed E-state index contributed by atoms with van der Waals surface area (Å²) < 4.78 is 26.2. The van der Waals surface area contributed by atoms with Gasteiger partial charge in [0, 0.05) is 6.54 Å². The highest BCUT2D eigenvalue weighted by molar-refractivity contribution is 7.89. The van der Waals surface area contributed by atoms with E-state index in [-0.39, 0.29) is 5.75 Å². The molecule has 0 aliphatic rings. The molecule has 0 atom stereocenters. The fourth-order valence-corrected chi connectivity index (χ4v) is 3.26. The minimum absolute atomic E-state index is 0.126. The number of hydrogen-bond acceptors (Lipinski definition) is 3. The lowest BCUT2D eigenvalue weighted by Crippen LogP contribution is -2.26. The van der Waals surface area contributed by atoms with Crippen LogP contribution in [0.3, 0.4) is 0 Å². The molecule has 0 aliphatic carbocycles. The maximum Gasteiger partial charge on any atom is 0.212 e. The summed E-state index contributed by atoms with van der Waals surface area (Å²) in [6.45, 7) is 0.376. The number of benzene rings is 1. The second kappa shape index (κ2) is 6.13. The molecule has 5 heteroatoms. The summed E-state index contributed by atoms with van der Waals surface area (Å²) in [7, 11) is -3.20. The van der Waals surface area contributed by atoms with Crippen LogP contribution in [0.2, 0.25) is 0 Å². The van der Waals surface area contributed by atoms with Crippen molar-refractivity contribution in [2.24, 2.45) is 0 Å². The van der Waals surface area contributed by atoms with Gasteiger partial charge in [-0.1, -0.05) is 30.3 Å². The van der Waals surface area contributed by atoms with E-state index in [1.54, 1.807) is 11.3 Å². The van der Waals surface area contributed by atoms with Gasteiger partial charge in [0.1, 0.15) is 0 Å². The van der Waals surface area contributed by atoms with Crippen LogP contribution >= 0.6 is 11.3 Å². The summed E-state index contributed by atoms with van der Waals surface area (Å²) in [5, 5.41) is 3.88. The molecule has 1 heterocycles. The molecular formula is C13H15NO2S2. The predicted octanol–water partition coefficient (Wildman–Crippen LogP) is 2.41. The summed E-state index contributed by atoms with van der Waals surface area (Å²) >= 11 is 1.57. The van der Waals surface area contributed by atoms with E-state index in [4.69, 9.17) is 0 Å². The van der Waals surface area contributed by atoms with Gasteiger partial charge >= 0.3 is 0 Å². The smallest absolute Gasteiger partial charge is 0.212 e. The van der Waals surface area contributed by atoms with Gasteiger partial charge in [-0.25, -0.2) is 13.1 Å². The molecule has 0 unspecified atom stereocenters. The first-order valence-electron chi connectivity index (χ1n) is 5.68. The van der Waals surface area contributed by atoms with E-state index in [0.29, 0.717) is 13.0 Å². The fourth-order valence-electron chi connectivity index (χ4n) is 1.56. The lowest BCUT2D eigenvalue weighted by molar-refractivity contribution is 0.580. The van der Waals surface area contributed by atoms with Gasteiger partial charge in [0.25, 0.3) is 0 Å². The van der Waals surface area contributed by atoms with E-state index in [2.05, 4.69) is 4.72 Å². The average molecular weight is 281 g/mol. The van der Waals surface area contributed by atoms with E-state index < -0.39 is 10.0 Å². The van der Waals surface area contributed by atoms with Crippen LogP contribution in [0.5, 0.6) is 0 Å². The molecule has 2 aromatic rings. The highest BCUT2D eigenvalue weighted by Crippen LogP contribution is 2.06. The standard InChI is InChI=1S/C13H15NO2S2/c15-18(16,14-10-13-6-8-17-11-13)9-7-12-4-2-1-3-5-12/h1-6,8,11,14H,7,9-10H2. The Balaban J connectivity index is 1.84. The zero-order valence-electron chi connectivity index (χ0n) is 9.87. The highest BCUT2D eigenvalue weighted by atomic mass is 32.2. The quantitative estimate of drug-likeness (QED) is 0.884. The molecule has 0 amide bonds. The van der Waals surface area contributed by atoms with Crippen molar-refractivity contribution < 1.29 is 8.42 Å². The van der Waals surface area contributed by atoms with Gasteiger partial charge < -0.3 is 0 Å². The highest BCUT2D eigenvalue weighted by Gasteiger charge is 2.10. The molecule has 0 spiro atoms. The number of rotatable bonds is 6. The lowest BCUT2D eigenvalue weighted by atomic mass is 10.2. The monoisotopic (exact) mass is 281 g/mol. The normalized spacial score (nSPS) is 11.6. The van der Waals surface area contributed by atoms with E-state index >= 15 is 0 Å². The molecule has 0 fully saturated rings. The summed E-state index contributed by atoms with van der Waals surface area (Å²) in [5.41, 5.74) is 2.04. The predicted molar refractivity (Wildman–Crippen MR) is 75.1 cm³/mol. The Morgan fingerprint density at radius 2 is 1.83 bits per heavy atom. The molecule has 0 bridgehead atoms. The van der Waals surface area contributed by atoms with Crippen LogP contribution in [0.15, 0.2) is 47.2 Å². The Morgan fingerprint density at radius 3 is 2.50 bits per heavy atom. The van der Waals surface area contributed by atoms with Gasteiger partial charge in [-0.15, -0.1) is 0 Å². The number of aryl methyl sites for hydroxylation is 1. The Morgan fingerprint density at radius 1 is 1.06 bits per heavy atom. The summed E-state index contributed by atoms with van der Waals surface area (Å²) in [4.78, 5) is 0. The van der Waals surface area contributed by atoms with Crippen LogP contribution in [0.4, 0.5) is 0 Å². The number of hydrogen-bond donors (Lipinski definition) is 1. The molecular weight excluding hydrogens is 266 g/mol. The Bertz CT molecular complexity index is 562. The zero-order chi connectivity index (χ0) is 12.8. The molecule has 3 nitrogen and oxygen atoms in total. The van der Waals surface area contributed by atoms with Gasteiger partial charge in [-0.2, -0.15) is 11.3 Å². The first-order chi connectivity index (χ1) is 8.66. The SMILES string of the molecule is O=S(=O)(CCc1ccccc1)NCc1ccsc1. The Kier molecular flexibility index (Phi) is 4.52. The maximum absolute atomic E-state index is 11.8. The summed E-state index contributed by atoms with van der Waals surface area (Å²) in [6.07, 6.45) is 0.541. The second-order valence-electron chi connectivity index (χ2n) is 4.01. The third-order valence-corrected chi connectivity index (χ3v) is 4.64. The molecule has 1 aromatic heterocycles. The van der Waals surface area contributed by atoms with Gasteiger partial charge in [-0.05, 0) is 34.4 Å². The van der Waals surface area contributed by atoms with E-state index in [1.165, 1.54) is 0 Å². The second-order valence-corrected chi connectivity index (χ2v) is 6.71. The number of sulfonamides is 1. The third kappa shape index (κ3) is 4.25. The van der Waals surface area contributed by atoms with Crippen LogP contribution in [0, 0.1) is 0 Å². The summed E-state index contributed by atoms with van der Waals surface area (Å²) in [6, 6.07) is 11.6. The van der Waals surface area contributed by atoms with Gasteiger partial charge in [0.2, 0.25) is 10.0 Å². The van der Waals surface area contributed by atoms with Gasteiger partial charge in [0.05, 0.1) is 5.75 Å². The van der Waals surface area contributed by atoms with Gasteiger partial charge in [-0.3, -0.25) is 0 Å². The minimum Gasteiger partial charge on any atom is -0.212 e. The van der Waals surface area contributed by atoms with E-state index in [9.17, 15) is 8.42 Å². The van der Waals surface area contributed by atoms with Crippen molar-refractivity contribution >= 4 is 21.4 Å². The van der Waals surface area contributed by atoms with E-state index in [1.807, 2.05) is 47.2 Å². The Labute approximate surface area is 112 Å². The topological polar surface area (TPSA) is 46.2 Å². The molecule has 0 radical (unpaired) electrons. The van der Waals surface area contributed by atoms with Crippen molar-refractivity contribution in [1.82, 2.24) is 4.72 Å². The first-order valence-corrected chi connectivity index (χ1v) is 8.27. The average Bonchev–Trinajstić information content (AvgIpc) is 2.89. The van der Waals surface area contributed by atoms with Crippen LogP contribution in [0.25, 0.3) is 0 Å². The molecule has 96 valence electrons. The molecule has 2 rings (SSSR count). The lowest BCUT2D eigenvalue weighted by Gasteiger charge is -2.05. The molecule has 18 heavy (non-hydrogen) atoms. The van der Waals surface area contributed by atoms with Crippen molar-refractivity contribution in [3.63, 3.8) is 0 Å². The van der Waals surface area contributed by atoms with Crippen LogP contribution in [-0.2, 0) is 23.0 Å². The molecule has 0 saturated carbocycles. The minimum atomic E-state index is -3.20. The molecule has 1 N–H and O–H groups in total. The molecule has 0 saturated heterocycles. The molecule has 1 aromatic carbocycles. The fraction of sp³-hybridized carbons (Fsp3) is 0.231. The van der Waals surface area contributed by atoms with Crippen molar-refractivity contribution in [3.05, 3.63) is 58.3 Å². The van der Waals surface area contributed by atoms with Crippen molar-refractivity contribution in [3.8, 4) is 0 Å². The molecule has 0 aliphatic heterocycles. The van der Waals surface area contributed by atoms with Gasteiger partial charge in [0.15, 0.2) is 0 Å². The maximum atomic E-state index is 11.8.